The number of hydrogen-bond acceptors (Lipinski definition) is 2. The highest BCUT2D eigenvalue weighted by Crippen LogP contribution is 2.27. The number of likely N-dealkylation sites (N-methyl/N-ethyl adjacent to an activating group) is 1. The molecule has 0 fully saturated rings. The Bertz CT molecular complexity index is 382. The van der Waals surface area contributed by atoms with E-state index in [0.29, 0.717) is 37.3 Å². The number of hydrogen-bond donors (Lipinski definition) is 1. The molecule has 88 valence electrons. The molecule has 0 saturated heterocycles. The maximum Gasteiger partial charge on any atom is 0.128 e. The minimum Gasteiger partial charge on any atom is -0.379 e. The predicted molar refractivity (Wildman–Crippen MR) is 57.3 cm³/mol. The van der Waals surface area contributed by atoms with E-state index in [9.17, 15) is 8.78 Å². The zero-order valence-corrected chi connectivity index (χ0v) is 9.22. The fourth-order valence-electron chi connectivity index (χ4n) is 2.11. The van der Waals surface area contributed by atoms with E-state index in [2.05, 4.69) is 5.32 Å². The van der Waals surface area contributed by atoms with Crippen LogP contribution in [0.3, 0.4) is 0 Å². The average Bonchev–Trinajstić information content (AvgIpc) is 2.48. The first-order valence-corrected chi connectivity index (χ1v) is 5.52. The lowest BCUT2D eigenvalue weighted by Crippen LogP contribution is -2.26. The highest BCUT2D eigenvalue weighted by atomic mass is 19.1. The summed E-state index contributed by atoms with van der Waals surface area (Å²) < 4.78 is 32.7. The van der Waals surface area contributed by atoms with Crippen molar-refractivity contribution in [3.8, 4) is 0 Å². The van der Waals surface area contributed by atoms with Gasteiger partial charge in [-0.1, -0.05) is 6.92 Å². The zero-order chi connectivity index (χ0) is 11.5. The Morgan fingerprint density at radius 1 is 1.38 bits per heavy atom. The summed E-state index contributed by atoms with van der Waals surface area (Å²) in [4.78, 5) is 0. The van der Waals surface area contributed by atoms with Gasteiger partial charge in [0.15, 0.2) is 0 Å². The topological polar surface area (TPSA) is 21.3 Å². The highest BCUT2D eigenvalue weighted by Gasteiger charge is 2.24. The number of nitrogens with one attached hydrogen (secondary N) is 1. The third kappa shape index (κ3) is 2.08. The molecule has 1 aromatic carbocycles. The molecule has 1 N–H and O–H groups in total. The minimum absolute atomic E-state index is 0.252. The van der Waals surface area contributed by atoms with Crippen LogP contribution in [0.2, 0.25) is 0 Å². The quantitative estimate of drug-likeness (QED) is 0.836. The van der Waals surface area contributed by atoms with Gasteiger partial charge in [-0.2, -0.15) is 0 Å². The average molecular weight is 227 g/mol. The summed E-state index contributed by atoms with van der Waals surface area (Å²) in [6, 6.07) is 2.12. The molecule has 1 aliphatic rings. The van der Waals surface area contributed by atoms with Crippen LogP contribution in [0.4, 0.5) is 8.78 Å². The van der Waals surface area contributed by atoms with Crippen LogP contribution in [-0.2, 0) is 11.2 Å². The van der Waals surface area contributed by atoms with Crippen LogP contribution in [-0.4, -0.2) is 19.8 Å². The molecule has 1 atom stereocenters. The smallest absolute Gasteiger partial charge is 0.128 e. The molecule has 0 spiro atoms. The maximum atomic E-state index is 13.7. The van der Waals surface area contributed by atoms with Gasteiger partial charge in [-0.25, -0.2) is 8.78 Å². The van der Waals surface area contributed by atoms with Gasteiger partial charge in [0.25, 0.3) is 0 Å². The molecule has 1 aromatic rings. The Labute approximate surface area is 93.6 Å². The second-order valence-electron chi connectivity index (χ2n) is 3.86. The molecule has 1 aliphatic heterocycles. The molecule has 1 heterocycles. The van der Waals surface area contributed by atoms with Crippen molar-refractivity contribution in [2.45, 2.75) is 19.4 Å². The Morgan fingerprint density at radius 3 is 2.88 bits per heavy atom. The van der Waals surface area contributed by atoms with E-state index in [1.54, 1.807) is 0 Å². The second kappa shape index (κ2) is 4.89. The van der Waals surface area contributed by atoms with Gasteiger partial charge in [-0.3, -0.25) is 0 Å². The van der Waals surface area contributed by atoms with E-state index < -0.39 is 0 Å². The third-order valence-electron chi connectivity index (χ3n) is 2.83. The van der Waals surface area contributed by atoms with Crippen molar-refractivity contribution in [2.75, 3.05) is 19.8 Å². The Hall–Kier alpha value is -1.00. The summed E-state index contributed by atoms with van der Waals surface area (Å²) in [6.45, 7) is 3.46. The van der Waals surface area contributed by atoms with Crippen molar-refractivity contribution in [1.29, 1.82) is 0 Å². The van der Waals surface area contributed by atoms with Gasteiger partial charge in [0.1, 0.15) is 11.6 Å². The van der Waals surface area contributed by atoms with Crippen molar-refractivity contribution >= 4 is 0 Å². The van der Waals surface area contributed by atoms with E-state index in [0.717, 1.165) is 0 Å². The molecule has 0 aliphatic carbocycles. The fraction of sp³-hybridized carbons (Fsp3) is 0.500. The SMILES string of the molecule is CCNC1COCCc2c(F)ccc(F)c21. The molecular formula is C12H15F2NO. The van der Waals surface area contributed by atoms with E-state index >= 15 is 0 Å². The van der Waals surface area contributed by atoms with Gasteiger partial charge >= 0.3 is 0 Å². The Kier molecular flexibility index (Phi) is 3.51. The summed E-state index contributed by atoms with van der Waals surface area (Å²) >= 11 is 0. The van der Waals surface area contributed by atoms with Crippen molar-refractivity contribution in [3.63, 3.8) is 0 Å². The molecule has 0 saturated carbocycles. The summed E-state index contributed by atoms with van der Waals surface area (Å²) in [5.41, 5.74) is 0.878. The molecular weight excluding hydrogens is 212 g/mol. The highest BCUT2D eigenvalue weighted by molar-refractivity contribution is 5.34. The number of benzene rings is 1. The van der Waals surface area contributed by atoms with Gasteiger partial charge in [-0.15, -0.1) is 0 Å². The first kappa shape index (κ1) is 11.5. The van der Waals surface area contributed by atoms with Gasteiger partial charge in [0.2, 0.25) is 0 Å². The third-order valence-corrected chi connectivity index (χ3v) is 2.83. The molecule has 0 bridgehead atoms. The van der Waals surface area contributed by atoms with Crippen LogP contribution in [0.15, 0.2) is 12.1 Å². The molecule has 0 aromatic heterocycles. The van der Waals surface area contributed by atoms with Crippen LogP contribution in [0.5, 0.6) is 0 Å². The zero-order valence-electron chi connectivity index (χ0n) is 9.22. The molecule has 2 rings (SSSR count). The van der Waals surface area contributed by atoms with E-state index in [1.807, 2.05) is 6.92 Å². The molecule has 2 nitrogen and oxygen atoms in total. The summed E-state index contributed by atoms with van der Waals surface area (Å²) in [5.74, 6) is -0.697. The number of fused-ring (bicyclic) bond motifs is 1. The van der Waals surface area contributed by atoms with Crippen LogP contribution in [0.25, 0.3) is 0 Å². The summed E-state index contributed by atoms with van der Waals surface area (Å²) in [7, 11) is 0. The van der Waals surface area contributed by atoms with Crippen molar-refractivity contribution in [1.82, 2.24) is 5.32 Å². The number of ether oxygens (including phenoxy) is 1. The molecule has 4 heteroatoms. The standard InChI is InChI=1S/C12H15F2NO/c1-2-15-11-7-16-6-5-8-9(13)3-4-10(14)12(8)11/h3-4,11,15H,2,5-7H2,1H3. The monoisotopic (exact) mass is 227 g/mol. The summed E-state index contributed by atoms with van der Waals surface area (Å²) in [6.07, 6.45) is 0.431. The van der Waals surface area contributed by atoms with Crippen LogP contribution in [0.1, 0.15) is 24.1 Å². The van der Waals surface area contributed by atoms with Gasteiger partial charge < -0.3 is 10.1 Å². The molecule has 1 unspecified atom stereocenters. The first-order valence-electron chi connectivity index (χ1n) is 5.52. The van der Waals surface area contributed by atoms with E-state index in [1.165, 1.54) is 12.1 Å². The van der Waals surface area contributed by atoms with Crippen molar-refractivity contribution < 1.29 is 13.5 Å². The lowest BCUT2D eigenvalue weighted by atomic mass is 9.98. The van der Waals surface area contributed by atoms with Crippen LogP contribution < -0.4 is 5.32 Å². The molecule has 16 heavy (non-hydrogen) atoms. The number of rotatable bonds is 2. The minimum atomic E-state index is -0.354. The first-order chi connectivity index (χ1) is 7.74. The van der Waals surface area contributed by atoms with Crippen LogP contribution in [0, 0.1) is 11.6 Å². The van der Waals surface area contributed by atoms with Gasteiger partial charge in [-0.05, 0) is 30.7 Å². The largest absolute Gasteiger partial charge is 0.379 e. The number of halogens is 2. The molecule has 0 amide bonds. The lowest BCUT2D eigenvalue weighted by Gasteiger charge is -2.18. The summed E-state index contributed by atoms with van der Waals surface area (Å²) in [5, 5.41) is 3.12. The van der Waals surface area contributed by atoms with Gasteiger partial charge in [0, 0.05) is 5.56 Å². The van der Waals surface area contributed by atoms with E-state index in [-0.39, 0.29) is 17.7 Å². The van der Waals surface area contributed by atoms with Crippen LogP contribution >= 0.6 is 0 Å². The molecule has 0 radical (unpaired) electrons. The fourth-order valence-corrected chi connectivity index (χ4v) is 2.11. The predicted octanol–water partition coefficient (Wildman–Crippen LogP) is 2.19. The second-order valence-corrected chi connectivity index (χ2v) is 3.86. The maximum absolute atomic E-state index is 13.7. The van der Waals surface area contributed by atoms with Gasteiger partial charge in [0.05, 0.1) is 19.3 Å². The Morgan fingerprint density at radius 2 is 2.12 bits per heavy atom. The lowest BCUT2D eigenvalue weighted by molar-refractivity contribution is 0.121. The normalized spacial score (nSPS) is 20.3. The Balaban J connectivity index is 2.46. The van der Waals surface area contributed by atoms with Crippen molar-refractivity contribution in [3.05, 3.63) is 34.9 Å². The van der Waals surface area contributed by atoms with E-state index in [4.69, 9.17) is 4.74 Å². The van der Waals surface area contributed by atoms with Crippen molar-refractivity contribution in [2.24, 2.45) is 0 Å².